The highest BCUT2D eigenvalue weighted by atomic mass is 15.0. The molecule has 3 heteroatoms. The number of aromatic nitrogens is 3. The number of hydrogen-bond donors (Lipinski definition) is 0. The van der Waals surface area contributed by atoms with Gasteiger partial charge in [-0.25, -0.2) is 0 Å². The molecule has 0 amide bonds. The van der Waals surface area contributed by atoms with Crippen LogP contribution in [0.5, 0.6) is 0 Å². The minimum absolute atomic E-state index is 1.14. The summed E-state index contributed by atoms with van der Waals surface area (Å²) in [4.78, 5) is 0. The molecule has 0 saturated carbocycles. The fourth-order valence-corrected chi connectivity index (χ4v) is 10.9. The molecule has 0 aliphatic heterocycles. The molecule has 3 heterocycles. The average molecular weight is 852 g/mol. The van der Waals surface area contributed by atoms with Crippen LogP contribution in [0.2, 0.25) is 0 Å². The van der Waals surface area contributed by atoms with Crippen LogP contribution in [0.25, 0.3) is 127 Å². The van der Waals surface area contributed by atoms with Crippen molar-refractivity contribution in [2.24, 2.45) is 0 Å². The molecule has 67 heavy (non-hydrogen) atoms. The highest BCUT2D eigenvalue weighted by Gasteiger charge is 2.19. The number of fused-ring (bicyclic) bond motifs is 10. The zero-order chi connectivity index (χ0) is 44.0. The number of para-hydroxylation sites is 3. The van der Waals surface area contributed by atoms with Crippen molar-refractivity contribution in [2.45, 2.75) is 0 Å². The molecule has 0 aliphatic rings. The fourth-order valence-electron chi connectivity index (χ4n) is 10.9. The lowest BCUT2D eigenvalue weighted by molar-refractivity contribution is 1.18. The van der Waals surface area contributed by atoms with Crippen molar-refractivity contribution in [3.05, 3.63) is 249 Å². The lowest BCUT2D eigenvalue weighted by Crippen LogP contribution is -1.95. The van der Waals surface area contributed by atoms with E-state index in [1.807, 2.05) is 0 Å². The molecule has 14 rings (SSSR count). The van der Waals surface area contributed by atoms with Gasteiger partial charge in [-0.2, -0.15) is 0 Å². The Morgan fingerprint density at radius 3 is 1.16 bits per heavy atom. The second-order valence-electron chi connectivity index (χ2n) is 17.7. The van der Waals surface area contributed by atoms with E-state index in [-0.39, 0.29) is 0 Å². The summed E-state index contributed by atoms with van der Waals surface area (Å²) in [6, 6.07) is 91.3. The fraction of sp³-hybridized carbons (Fsp3) is 0. The third kappa shape index (κ3) is 5.85. The summed E-state index contributed by atoms with van der Waals surface area (Å²) in [6.07, 6.45) is 0. The Labute approximate surface area is 387 Å². The largest absolute Gasteiger partial charge is 0.309 e. The molecule has 11 aromatic carbocycles. The van der Waals surface area contributed by atoms with Gasteiger partial charge in [-0.15, -0.1) is 0 Å². The van der Waals surface area contributed by atoms with Gasteiger partial charge in [-0.1, -0.05) is 158 Å². The van der Waals surface area contributed by atoms with E-state index in [0.29, 0.717) is 0 Å². The summed E-state index contributed by atoms with van der Waals surface area (Å²) < 4.78 is 7.27. The van der Waals surface area contributed by atoms with E-state index in [2.05, 4.69) is 262 Å². The van der Waals surface area contributed by atoms with Gasteiger partial charge in [0.2, 0.25) is 0 Å². The van der Waals surface area contributed by atoms with E-state index in [9.17, 15) is 0 Å². The third-order valence-corrected chi connectivity index (χ3v) is 14.0. The molecule has 0 N–H and O–H groups in total. The molecule has 14 aromatic rings. The maximum Gasteiger partial charge on any atom is 0.0541 e. The van der Waals surface area contributed by atoms with Gasteiger partial charge in [0.1, 0.15) is 0 Å². The molecule has 0 bridgehead atoms. The van der Waals surface area contributed by atoms with Crippen LogP contribution in [-0.2, 0) is 0 Å². The van der Waals surface area contributed by atoms with E-state index in [1.54, 1.807) is 0 Å². The van der Waals surface area contributed by atoms with Crippen LogP contribution in [0.3, 0.4) is 0 Å². The van der Waals surface area contributed by atoms with Crippen molar-refractivity contribution in [3.63, 3.8) is 0 Å². The topological polar surface area (TPSA) is 14.8 Å². The highest BCUT2D eigenvalue weighted by molar-refractivity contribution is 6.15. The molecule has 312 valence electrons. The molecule has 3 nitrogen and oxygen atoms in total. The first kappa shape index (κ1) is 37.5. The van der Waals surface area contributed by atoms with Crippen molar-refractivity contribution in [3.8, 4) is 50.4 Å². The molecule has 0 unspecified atom stereocenters. The lowest BCUT2D eigenvalue weighted by atomic mass is 9.98. The lowest BCUT2D eigenvalue weighted by Gasteiger charge is -2.12. The van der Waals surface area contributed by atoms with Crippen molar-refractivity contribution < 1.29 is 0 Å². The number of hydrogen-bond acceptors (Lipinski definition) is 0. The van der Waals surface area contributed by atoms with Crippen molar-refractivity contribution in [1.29, 1.82) is 0 Å². The molecule has 0 fully saturated rings. The Hall–Kier alpha value is -8.92. The first-order valence-electron chi connectivity index (χ1n) is 23.1. The quantitative estimate of drug-likeness (QED) is 0.158. The zero-order valence-corrected chi connectivity index (χ0v) is 36.5. The first-order valence-corrected chi connectivity index (χ1v) is 23.1. The second-order valence-corrected chi connectivity index (χ2v) is 17.7. The first-order chi connectivity index (χ1) is 33.2. The van der Waals surface area contributed by atoms with Crippen LogP contribution in [0.15, 0.2) is 249 Å². The van der Waals surface area contributed by atoms with Crippen LogP contribution >= 0.6 is 0 Å². The summed E-state index contributed by atoms with van der Waals surface area (Å²) in [5.74, 6) is 0. The van der Waals surface area contributed by atoms with Crippen LogP contribution < -0.4 is 0 Å². The summed E-state index contributed by atoms with van der Waals surface area (Å²) in [7, 11) is 0. The van der Waals surface area contributed by atoms with Gasteiger partial charge in [0.15, 0.2) is 0 Å². The minimum Gasteiger partial charge on any atom is -0.309 e. The Balaban J connectivity index is 0.968. The molecule has 3 aromatic heterocycles. The Morgan fingerprint density at radius 2 is 0.567 bits per heavy atom. The van der Waals surface area contributed by atoms with Crippen LogP contribution in [-0.4, -0.2) is 13.7 Å². The Kier molecular flexibility index (Phi) is 8.28. The predicted molar refractivity (Wildman–Crippen MR) is 283 cm³/mol. The maximum atomic E-state index is 2.45. The maximum absolute atomic E-state index is 2.45. The van der Waals surface area contributed by atoms with Crippen molar-refractivity contribution in [1.82, 2.24) is 13.7 Å². The van der Waals surface area contributed by atoms with E-state index >= 15 is 0 Å². The smallest absolute Gasteiger partial charge is 0.0541 e. The average Bonchev–Trinajstić information content (AvgIpc) is 4.03. The summed E-state index contributed by atoms with van der Waals surface area (Å²) >= 11 is 0. The summed E-state index contributed by atoms with van der Waals surface area (Å²) in [5, 5.41) is 9.91. The predicted octanol–water partition coefficient (Wildman–Crippen LogP) is 17.1. The summed E-state index contributed by atoms with van der Waals surface area (Å²) in [6.45, 7) is 0. The van der Waals surface area contributed by atoms with E-state index in [0.717, 1.165) is 11.4 Å². The number of rotatable bonds is 6. The monoisotopic (exact) mass is 851 g/mol. The van der Waals surface area contributed by atoms with E-state index in [4.69, 9.17) is 0 Å². The number of nitrogens with zero attached hydrogens (tertiary/aromatic N) is 3. The van der Waals surface area contributed by atoms with Crippen molar-refractivity contribution in [2.75, 3.05) is 0 Å². The van der Waals surface area contributed by atoms with Gasteiger partial charge >= 0.3 is 0 Å². The zero-order valence-electron chi connectivity index (χ0n) is 36.5. The van der Waals surface area contributed by atoms with Crippen LogP contribution in [0.4, 0.5) is 0 Å². The SMILES string of the molecule is c1ccc(-c2cccc(-n3c4ccc(-c5ccc6c(c5)c5ccccc5n6-c5ccccc5)cc4c4cc(-c5ccc6c(c5)c5ccccc5n6-c5cccc6ccccc56)ccc43)c2)cc1. The molecular weight excluding hydrogens is 811 g/mol. The standard InChI is InChI=1S/C64H41N3/c1-3-15-42(16-4-1)44-19-13-22-50(37-44)66-62-34-30-47(45-29-33-61-54(38-45)52-24-9-11-26-59(52)65(61)49-20-5-2-6-21-49)40-56(62)57-41-48(31-35-63(57)66)46-32-36-64-55(39-46)53-25-10-12-27-60(53)67(64)58-28-14-18-43-17-7-8-23-51(43)58/h1-41H. The van der Waals surface area contributed by atoms with Crippen molar-refractivity contribution >= 4 is 76.2 Å². The van der Waals surface area contributed by atoms with Gasteiger partial charge in [0, 0.05) is 49.1 Å². The van der Waals surface area contributed by atoms with Gasteiger partial charge in [0.05, 0.1) is 38.8 Å². The second kappa shape index (κ2) is 14.8. The van der Waals surface area contributed by atoms with Gasteiger partial charge in [-0.3, -0.25) is 0 Å². The van der Waals surface area contributed by atoms with Gasteiger partial charge in [-0.05, 0) is 130 Å². The van der Waals surface area contributed by atoms with E-state index < -0.39 is 0 Å². The Bertz CT molecular complexity index is 4260. The molecule has 0 radical (unpaired) electrons. The Morgan fingerprint density at radius 1 is 0.194 bits per heavy atom. The van der Waals surface area contributed by atoms with Gasteiger partial charge < -0.3 is 13.7 Å². The van der Waals surface area contributed by atoms with Crippen LogP contribution in [0.1, 0.15) is 0 Å². The molecular formula is C64H41N3. The molecule has 0 atom stereocenters. The highest BCUT2D eigenvalue weighted by Crippen LogP contribution is 2.42. The minimum atomic E-state index is 1.14. The molecule has 0 spiro atoms. The molecule has 0 aliphatic carbocycles. The van der Waals surface area contributed by atoms with E-state index in [1.165, 1.54) is 115 Å². The normalized spacial score (nSPS) is 11.9. The summed E-state index contributed by atoms with van der Waals surface area (Å²) in [5.41, 5.74) is 17.8. The number of benzene rings is 11. The van der Waals surface area contributed by atoms with Gasteiger partial charge in [0.25, 0.3) is 0 Å². The van der Waals surface area contributed by atoms with Crippen LogP contribution in [0, 0.1) is 0 Å². The third-order valence-electron chi connectivity index (χ3n) is 14.0. The molecule has 0 saturated heterocycles.